The lowest BCUT2D eigenvalue weighted by atomic mass is 10.0. The predicted molar refractivity (Wildman–Crippen MR) is 71.5 cm³/mol. The molecule has 0 atom stereocenters. The maximum Gasteiger partial charge on any atom is 0.419 e. The van der Waals surface area contributed by atoms with Crippen LogP contribution in [0.2, 0.25) is 0 Å². The summed E-state index contributed by atoms with van der Waals surface area (Å²) in [5.74, 6) is -2.19. The lowest BCUT2D eigenvalue weighted by molar-refractivity contribution is -0.140. The van der Waals surface area contributed by atoms with Crippen molar-refractivity contribution in [2.45, 2.75) is 12.6 Å². The zero-order valence-corrected chi connectivity index (χ0v) is 12.2. The van der Waals surface area contributed by atoms with E-state index in [4.69, 9.17) is 0 Å². The molecule has 1 nitrogen and oxygen atoms in total. The van der Waals surface area contributed by atoms with Gasteiger partial charge >= 0.3 is 6.18 Å². The van der Waals surface area contributed by atoms with Gasteiger partial charge in [-0.05, 0) is 40.2 Å². The quantitative estimate of drug-likeness (QED) is 0.545. The molecular weight excluding hydrogens is 360 g/mol. The number of carbonyl (C=O) groups excluding carboxylic acids is 1. The molecule has 0 aliphatic heterocycles. The van der Waals surface area contributed by atoms with E-state index in [0.717, 1.165) is 15.9 Å². The van der Waals surface area contributed by atoms with Crippen LogP contribution >= 0.6 is 27.3 Å². The first-order valence-corrected chi connectivity index (χ1v) is 7.03. The van der Waals surface area contributed by atoms with Crippen LogP contribution in [0.5, 0.6) is 0 Å². The average molecular weight is 367 g/mol. The summed E-state index contributed by atoms with van der Waals surface area (Å²) in [5, 5.41) is 0. The number of hydrogen-bond acceptors (Lipinski definition) is 2. The Morgan fingerprint density at radius 3 is 2.45 bits per heavy atom. The van der Waals surface area contributed by atoms with E-state index >= 15 is 0 Å². The Morgan fingerprint density at radius 1 is 1.20 bits per heavy atom. The summed E-state index contributed by atoms with van der Waals surface area (Å²) >= 11 is 4.49. The second kappa shape index (κ2) is 5.65. The standard InChI is InChI=1S/C13H7BrF4OS/c14-11-5-4-7(20-11)6-10(19)8-2-1-3-9(12(8)15)13(16,17)18/h1-5H,6H2. The summed E-state index contributed by atoms with van der Waals surface area (Å²) in [4.78, 5) is 12.6. The van der Waals surface area contributed by atoms with Crippen molar-refractivity contribution >= 4 is 33.0 Å². The zero-order chi connectivity index (χ0) is 14.9. The fourth-order valence-corrected chi connectivity index (χ4v) is 3.15. The number of halogens is 5. The van der Waals surface area contributed by atoms with Gasteiger partial charge < -0.3 is 0 Å². The third-order valence-corrected chi connectivity index (χ3v) is 4.19. The Bertz CT molecular complexity index is 648. The predicted octanol–water partition coefficient (Wildman–Crippen LogP) is 5.09. The first kappa shape index (κ1) is 15.2. The van der Waals surface area contributed by atoms with Crippen molar-refractivity contribution in [3.05, 3.63) is 55.9 Å². The molecule has 0 saturated carbocycles. The first-order valence-electron chi connectivity index (χ1n) is 5.42. The Hall–Kier alpha value is -1.21. The lowest BCUT2D eigenvalue weighted by Crippen LogP contribution is -2.13. The van der Waals surface area contributed by atoms with Crippen molar-refractivity contribution < 1.29 is 22.4 Å². The largest absolute Gasteiger partial charge is 0.419 e. The lowest BCUT2D eigenvalue weighted by Gasteiger charge is -2.10. The van der Waals surface area contributed by atoms with E-state index in [1.807, 2.05) is 0 Å². The third kappa shape index (κ3) is 3.27. The van der Waals surface area contributed by atoms with Crippen LogP contribution in [-0.2, 0) is 12.6 Å². The fourth-order valence-electron chi connectivity index (χ4n) is 1.67. The van der Waals surface area contributed by atoms with Crippen molar-refractivity contribution in [2.24, 2.45) is 0 Å². The number of alkyl halides is 3. The normalized spacial score (nSPS) is 11.7. The van der Waals surface area contributed by atoms with Gasteiger partial charge in [-0.25, -0.2) is 4.39 Å². The summed E-state index contributed by atoms with van der Waals surface area (Å²) in [6, 6.07) is 6.10. The van der Waals surface area contributed by atoms with Gasteiger partial charge in [-0.1, -0.05) is 6.07 Å². The number of rotatable bonds is 3. The highest BCUT2D eigenvalue weighted by atomic mass is 79.9. The number of thiophene rings is 1. The van der Waals surface area contributed by atoms with E-state index in [9.17, 15) is 22.4 Å². The molecule has 7 heteroatoms. The van der Waals surface area contributed by atoms with Crippen LogP contribution < -0.4 is 0 Å². The number of ketones is 1. The second-order valence-corrected chi connectivity index (χ2v) is 6.52. The molecule has 0 aliphatic rings. The smallest absolute Gasteiger partial charge is 0.294 e. The molecule has 0 amide bonds. The zero-order valence-electron chi connectivity index (χ0n) is 9.80. The van der Waals surface area contributed by atoms with Crippen LogP contribution in [0.3, 0.4) is 0 Å². The first-order chi connectivity index (χ1) is 9.29. The number of carbonyl (C=O) groups is 1. The highest BCUT2D eigenvalue weighted by molar-refractivity contribution is 9.11. The van der Waals surface area contributed by atoms with E-state index in [1.54, 1.807) is 12.1 Å². The molecule has 1 aromatic carbocycles. The molecule has 0 spiro atoms. The summed E-state index contributed by atoms with van der Waals surface area (Å²) in [6.07, 6.45) is -4.94. The molecule has 2 rings (SSSR count). The van der Waals surface area contributed by atoms with Crippen LogP contribution in [0.25, 0.3) is 0 Å². The van der Waals surface area contributed by atoms with Crippen molar-refractivity contribution in [3.8, 4) is 0 Å². The van der Waals surface area contributed by atoms with Gasteiger partial charge in [0.2, 0.25) is 0 Å². The molecule has 0 saturated heterocycles. The molecule has 0 radical (unpaired) electrons. The highest BCUT2D eigenvalue weighted by Crippen LogP contribution is 2.33. The van der Waals surface area contributed by atoms with Crippen LogP contribution in [0, 0.1) is 5.82 Å². The Balaban J connectivity index is 2.31. The van der Waals surface area contributed by atoms with Crippen LogP contribution in [0.1, 0.15) is 20.8 Å². The molecular formula is C13H7BrF4OS. The van der Waals surface area contributed by atoms with Gasteiger partial charge in [-0.3, -0.25) is 4.79 Å². The van der Waals surface area contributed by atoms with Gasteiger partial charge in [0, 0.05) is 11.3 Å². The van der Waals surface area contributed by atoms with Gasteiger partial charge in [-0.2, -0.15) is 13.2 Å². The molecule has 1 heterocycles. The molecule has 0 N–H and O–H groups in total. The highest BCUT2D eigenvalue weighted by Gasteiger charge is 2.35. The monoisotopic (exact) mass is 366 g/mol. The van der Waals surface area contributed by atoms with E-state index < -0.39 is 28.9 Å². The van der Waals surface area contributed by atoms with Crippen LogP contribution in [0.4, 0.5) is 17.6 Å². The van der Waals surface area contributed by atoms with Crippen molar-refractivity contribution in [1.29, 1.82) is 0 Å². The van der Waals surface area contributed by atoms with Crippen LogP contribution in [-0.4, -0.2) is 5.78 Å². The van der Waals surface area contributed by atoms with E-state index in [2.05, 4.69) is 15.9 Å². The van der Waals surface area contributed by atoms with E-state index in [0.29, 0.717) is 10.9 Å². The molecule has 0 bridgehead atoms. The van der Waals surface area contributed by atoms with Gasteiger partial charge in [0.15, 0.2) is 5.78 Å². The molecule has 106 valence electrons. The van der Waals surface area contributed by atoms with Crippen molar-refractivity contribution in [3.63, 3.8) is 0 Å². The van der Waals surface area contributed by atoms with E-state index in [-0.39, 0.29) is 6.42 Å². The minimum atomic E-state index is -4.81. The Morgan fingerprint density at radius 2 is 1.90 bits per heavy atom. The fraction of sp³-hybridized carbons (Fsp3) is 0.154. The van der Waals surface area contributed by atoms with Gasteiger partial charge in [-0.15, -0.1) is 11.3 Å². The maximum atomic E-state index is 13.8. The average Bonchev–Trinajstić information content (AvgIpc) is 2.73. The summed E-state index contributed by atoms with van der Waals surface area (Å²) in [6.45, 7) is 0. The molecule has 0 unspecified atom stereocenters. The van der Waals surface area contributed by atoms with Gasteiger partial charge in [0.1, 0.15) is 5.82 Å². The summed E-state index contributed by atoms with van der Waals surface area (Å²) in [5.41, 5.74) is -1.96. The maximum absolute atomic E-state index is 13.8. The number of hydrogen-bond donors (Lipinski definition) is 0. The summed E-state index contributed by atoms with van der Waals surface area (Å²) < 4.78 is 52.3. The van der Waals surface area contributed by atoms with Gasteiger partial charge in [0.05, 0.1) is 14.9 Å². The van der Waals surface area contributed by atoms with E-state index in [1.165, 1.54) is 11.3 Å². The molecule has 1 aromatic heterocycles. The minimum absolute atomic E-state index is 0.130. The minimum Gasteiger partial charge on any atom is -0.294 e. The van der Waals surface area contributed by atoms with Gasteiger partial charge in [0.25, 0.3) is 0 Å². The topological polar surface area (TPSA) is 17.1 Å². The molecule has 2 aromatic rings. The Labute approximate surface area is 124 Å². The second-order valence-electron chi connectivity index (χ2n) is 3.97. The number of Topliss-reactive ketones (excluding diaryl/α,β-unsaturated/α-hetero) is 1. The number of benzene rings is 1. The molecule has 0 fully saturated rings. The Kier molecular flexibility index (Phi) is 4.29. The molecule has 20 heavy (non-hydrogen) atoms. The van der Waals surface area contributed by atoms with Crippen LogP contribution in [0.15, 0.2) is 34.1 Å². The SMILES string of the molecule is O=C(Cc1ccc(Br)s1)c1cccc(C(F)(F)F)c1F. The molecule has 0 aliphatic carbocycles. The van der Waals surface area contributed by atoms with Crippen molar-refractivity contribution in [2.75, 3.05) is 0 Å². The van der Waals surface area contributed by atoms with Crippen molar-refractivity contribution in [1.82, 2.24) is 0 Å². The third-order valence-electron chi connectivity index (χ3n) is 2.57. The summed E-state index contributed by atoms with van der Waals surface area (Å²) in [7, 11) is 0.